The second kappa shape index (κ2) is 5.64. The monoisotopic (exact) mass is 286 g/mol. The average molecular weight is 286 g/mol. The minimum absolute atomic E-state index is 0.315. The zero-order chi connectivity index (χ0) is 14.0. The van der Waals surface area contributed by atoms with Crippen LogP contribution < -0.4 is 5.32 Å². The fourth-order valence-corrected chi connectivity index (χ4v) is 4.48. The van der Waals surface area contributed by atoms with Crippen LogP contribution in [-0.4, -0.2) is 39.4 Å². The van der Waals surface area contributed by atoms with Crippen molar-refractivity contribution in [2.75, 3.05) is 26.7 Å². The zero-order valence-electron chi connectivity index (χ0n) is 11.8. The number of aryl methyl sites for hydroxylation is 2. The summed E-state index contributed by atoms with van der Waals surface area (Å²) in [6.07, 6.45) is 2.00. The van der Waals surface area contributed by atoms with Gasteiger partial charge in [-0.05, 0) is 52.3 Å². The van der Waals surface area contributed by atoms with E-state index in [1.54, 1.807) is 24.2 Å². The molecule has 0 bridgehead atoms. The van der Waals surface area contributed by atoms with Gasteiger partial charge in [0.1, 0.15) is 16.4 Å². The van der Waals surface area contributed by atoms with Crippen molar-refractivity contribution in [3.8, 4) is 0 Å². The molecule has 1 atom stereocenters. The average Bonchev–Trinajstić information content (AvgIpc) is 2.70. The van der Waals surface area contributed by atoms with Crippen LogP contribution in [0.15, 0.2) is 15.4 Å². The molecule has 6 heteroatoms. The minimum Gasteiger partial charge on any atom is -0.465 e. The molecule has 0 unspecified atom stereocenters. The van der Waals surface area contributed by atoms with E-state index in [-0.39, 0.29) is 0 Å². The number of furan rings is 1. The van der Waals surface area contributed by atoms with Crippen LogP contribution in [0.3, 0.4) is 0 Å². The van der Waals surface area contributed by atoms with Crippen molar-refractivity contribution in [3.05, 3.63) is 17.6 Å². The summed E-state index contributed by atoms with van der Waals surface area (Å²) >= 11 is 0. The number of nitrogens with one attached hydrogen (secondary N) is 1. The smallest absolute Gasteiger partial charge is 0.246 e. The molecule has 2 rings (SSSR count). The highest BCUT2D eigenvalue weighted by molar-refractivity contribution is 7.89. The number of sulfonamides is 1. The number of hydrogen-bond acceptors (Lipinski definition) is 4. The summed E-state index contributed by atoms with van der Waals surface area (Å²) in [7, 11) is -1.51. The van der Waals surface area contributed by atoms with E-state index < -0.39 is 10.0 Å². The largest absolute Gasteiger partial charge is 0.465 e. The number of piperidine rings is 1. The second-order valence-electron chi connectivity index (χ2n) is 5.21. The molecule has 108 valence electrons. The Bertz CT molecular complexity index is 534. The van der Waals surface area contributed by atoms with E-state index >= 15 is 0 Å². The molecule has 0 spiro atoms. The summed E-state index contributed by atoms with van der Waals surface area (Å²) in [5.74, 6) is 1.51. The normalized spacial score (nSPS) is 21.7. The highest BCUT2D eigenvalue weighted by Gasteiger charge is 2.32. The molecule has 1 aromatic rings. The summed E-state index contributed by atoms with van der Waals surface area (Å²) in [5.41, 5.74) is 0. The van der Waals surface area contributed by atoms with E-state index in [9.17, 15) is 8.42 Å². The van der Waals surface area contributed by atoms with Crippen LogP contribution in [0.2, 0.25) is 0 Å². The Morgan fingerprint density at radius 1 is 1.47 bits per heavy atom. The number of hydrogen-bond donors (Lipinski definition) is 1. The number of rotatable bonds is 4. The first kappa shape index (κ1) is 14.6. The van der Waals surface area contributed by atoms with Crippen molar-refractivity contribution >= 4 is 10.0 Å². The summed E-state index contributed by atoms with van der Waals surface area (Å²) in [4.78, 5) is 0.315. The van der Waals surface area contributed by atoms with Gasteiger partial charge in [-0.3, -0.25) is 0 Å². The molecule has 0 saturated carbocycles. The third-order valence-electron chi connectivity index (χ3n) is 3.59. The molecular weight excluding hydrogens is 264 g/mol. The van der Waals surface area contributed by atoms with Gasteiger partial charge >= 0.3 is 0 Å². The van der Waals surface area contributed by atoms with Crippen LogP contribution in [0, 0.1) is 19.8 Å². The molecule has 1 N–H and O–H groups in total. The van der Waals surface area contributed by atoms with E-state index in [1.165, 1.54) is 0 Å². The Morgan fingerprint density at radius 3 is 2.79 bits per heavy atom. The van der Waals surface area contributed by atoms with Gasteiger partial charge in [0.05, 0.1) is 0 Å². The predicted octanol–water partition coefficient (Wildman–Crippen LogP) is 1.52. The van der Waals surface area contributed by atoms with Crippen LogP contribution in [0.5, 0.6) is 0 Å². The summed E-state index contributed by atoms with van der Waals surface area (Å²) in [5, 5.41) is 3.12. The van der Waals surface area contributed by atoms with Crippen LogP contribution in [0.25, 0.3) is 0 Å². The van der Waals surface area contributed by atoms with Gasteiger partial charge in [-0.15, -0.1) is 0 Å². The molecule has 0 aromatic carbocycles. The van der Waals surface area contributed by atoms with Gasteiger partial charge in [0, 0.05) is 13.1 Å². The third kappa shape index (κ3) is 3.01. The maximum atomic E-state index is 12.6. The molecule has 1 aliphatic heterocycles. The molecule has 5 nitrogen and oxygen atoms in total. The lowest BCUT2D eigenvalue weighted by molar-refractivity contribution is 0.263. The molecule has 1 fully saturated rings. The Balaban J connectivity index is 2.22. The first-order valence-electron chi connectivity index (χ1n) is 6.67. The first-order chi connectivity index (χ1) is 8.95. The first-order valence-corrected chi connectivity index (χ1v) is 8.11. The lowest BCUT2D eigenvalue weighted by Gasteiger charge is -2.31. The maximum absolute atomic E-state index is 12.6. The van der Waals surface area contributed by atoms with Gasteiger partial charge < -0.3 is 9.73 Å². The van der Waals surface area contributed by atoms with Gasteiger partial charge in [0.15, 0.2) is 0 Å². The molecule has 0 aliphatic carbocycles. The van der Waals surface area contributed by atoms with Gasteiger partial charge in [-0.2, -0.15) is 4.31 Å². The van der Waals surface area contributed by atoms with E-state index in [4.69, 9.17) is 4.42 Å². The summed E-state index contributed by atoms with van der Waals surface area (Å²) in [6, 6.07) is 1.62. The van der Waals surface area contributed by atoms with E-state index in [0.29, 0.717) is 35.4 Å². The fraction of sp³-hybridized carbons (Fsp3) is 0.692. The quantitative estimate of drug-likeness (QED) is 0.911. The van der Waals surface area contributed by atoms with Gasteiger partial charge in [0.25, 0.3) is 0 Å². The van der Waals surface area contributed by atoms with Gasteiger partial charge in [-0.1, -0.05) is 0 Å². The van der Waals surface area contributed by atoms with Gasteiger partial charge in [0.2, 0.25) is 10.0 Å². The standard InChI is InChI=1S/C13H22N2O3S/c1-10-7-13(11(2)18-10)19(16,17)15-6-4-5-12(9-15)8-14-3/h7,12,14H,4-6,8-9H2,1-3H3/t12-/m1/s1. The molecule has 1 saturated heterocycles. The van der Waals surface area contributed by atoms with E-state index in [1.807, 2.05) is 7.05 Å². The molecule has 1 aliphatic rings. The molecule has 2 heterocycles. The predicted molar refractivity (Wildman–Crippen MR) is 73.6 cm³/mol. The van der Waals surface area contributed by atoms with Crippen molar-refractivity contribution in [1.82, 2.24) is 9.62 Å². The van der Waals surface area contributed by atoms with Crippen molar-refractivity contribution in [2.24, 2.45) is 5.92 Å². The maximum Gasteiger partial charge on any atom is 0.246 e. The lowest BCUT2D eigenvalue weighted by atomic mass is 10.00. The zero-order valence-corrected chi connectivity index (χ0v) is 12.6. The third-order valence-corrected chi connectivity index (χ3v) is 5.56. The van der Waals surface area contributed by atoms with Crippen molar-refractivity contribution < 1.29 is 12.8 Å². The van der Waals surface area contributed by atoms with Crippen LogP contribution in [0.1, 0.15) is 24.4 Å². The number of nitrogens with zero attached hydrogens (tertiary/aromatic N) is 1. The van der Waals surface area contributed by atoms with Crippen molar-refractivity contribution in [1.29, 1.82) is 0 Å². The van der Waals surface area contributed by atoms with Crippen LogP contribution in [0.4, 0.5) is 0 Å². The van der Waals surface area contributed by atoms with Crippen LogP contribution >= 0.6 is 0 Å². The summed E-state index contributed by atoms with van der Waals surface area (Å²) < 4.78 is 32.2. The Hall–Kier alpha value is -0.850. The highest BCUT2D eigenvalue weighted by Crippen LogP contribution is 2.27. The fourth-order valence-electron chi connectivity index (χ4n) is 2.70. The molecule has 0 radical (unpaired) electrons. The van der Waals surface area contributed by atoms with E-state index in [0.717, 1.165) is 19.4 Å². The lowest BCUT2D eigenvalue weighted by Crippen LogP contribution is -2.42. The van der Waals surface area contributed by atoms with Crippen molar-refractivity contribution in [3.63, 3.8) is 0 Å². The summed E-state index contributed by atoms with van der Waals surface area (Å²) in [6.45, 7) is 5.52. The van der Waals surface area contributed by atoms with Crippen molar-refractivity contribution in [2.45, 2.75) is 31.6 Å². The Labute approximate surface area is 115 Å². The minimum atomic E-state index is -3.41. The molecular formula is C13H22N2O3S. The second-order valence-corrected chi connectivity index (χ2v) is 7.11. The topological polar surface area (TPSA) is 62.6 Å². The Morgan fingerprint density at radius 2 is 2.21 bits per heavy atom. The van der Waals surface area contributed by atoms with Gasteiger partial charge in [-0.25, -0.2) is 8.42 Å². The SMILES string of the molecule is CNC[C@H]1CCCN(S(=O)(=O)c2cc(C)oc2C)C1. The molecule has 0 amide bonds. The highest BCUT2D eigenvalue weighted by atomic mass is 32.2. The molecule has 19 heavy (non-hydrogen) atoms. The van der Waals surface area contributed by atoms with E-state index in [2.05, 4.69) is 5.32 Å². The van der Waals surface area contributed by atoms with Crippen LogP contribution in [-0.2, 0) is 10.0 Å². The Kier molecular flexibility index (Phi) is 4.32. The molecule has 1 aromatic heterocycles.